The molecule has 1 aromatic heterocycles. The van der Waals surface area contributed by atoms with Crippen molar-refractivity contribution in [3.05, 3.63) is 80.7 Å². The molecule has 3 heterocycles. The molecule has 0 bridgehead atoms. The predicted octanol–water partition coefficient (Wildman–Crippen LogP) is 3.91. The quantitative estimate of drug-likeness (QED) is 0.431. The number of fused-ring (bicyclic) bond motifs is 1. The monoisotopic (exact) mass is 550 g/mol. The largest absolute Gasteiger partial charge is 0.480 e. The first-order valence-electron chi connectivity index (χ1n) is 13.0. The second kappa shape index (κ2) is 9.81. The number of carbonyl (C=O) groups is 3. The molecule has 3 aromatic rings. The second-order valence-corrected chi connectivity index (χ2v) is 10.8. The van der Waals surface area contributed by atoms with E-state index in [9.17, 15) is 24.3 Å². The van der Waals surface area contributed by atoms with Gasteiger partial charge in [-0.15, -0.1) is 0 Å². The number of aryl methyl sites for hydroxylation is 1. The number of imide groups is 1. The van der Waals surface area contributed by atoms with Crippen molar-refractivity contribution in [3.8, 4) is 5.69 Å². The van der Waals surface area contributed by atoms with Crippen molar-refractivity contribution in [2.75, 3.05) is 4.90 Å². The lowest BCUT2D eigenvalue weighted by Crippen LogP contribution is -2.56. The van der Waals surface area contributed by atoms with Gasteiger partial charge in [0.1, 0.15) is 5.54 Å². The molecule has 9 nitrogen and oxygen atoms in total. The number of anilines is 1. The molecule has 2 aliphatic rings. The van der Waals surface area contributed by atoms with Gasteiger partial charge in [0.2, 0.25) is 11.8 Å². The Labute approximate surface area is 231 Å². The summed E-state index contributed by atoms with van der Waals surface area (Å²) in [5.74, 6) is -4.63. The zero-order valence-corrected chi connectivity index (χ0v) is 23.0. The molecule has 2 amide bonds. The Balaban J connectivity index is 1.71. The van der Waals surface area contributed by atoms with Crippen molar-refractivity contribution >= 4 is 35.1 Å². The molecule has 204 valence electrons. The highest BCUT2D eigenvalue weighted by Gasteiger charge is 2.69. The lowest BCUT2D eigenvalue weighted by Gasteiger charge is -2.31. The van der Waals surface area contributed by atoms with Crippen molar-refractivity contribution in [1.82, 2.24) is 14.7 Å². The van der Waals surface area contributed by atoms with Crippen LogP contribution in [0.3, 0.4) is 0 Å². The van der Waals surface area contributed by atoms with E-state index in [0.29, 0.717) is 29.2 Å². The number of halogens is 1. The molecule has 10 heteroatoms. The van der Waals surface area contributed by atoms with Gasteiger partial charge in [0.05, 0.1) is 34.8 Å². The summed E-state index contributed by atoms with van der Waals surface area (Å²) >= 11 is 6.33. The Morgan fingerprint density at radius 3 is 2.36 bits per heavy atom. The lowest BCUT2D eigenvalue weighted by molar-refractivity contribution is -0.149. The molecule has 0 saturated carbocycles. The van der Waals surface area contributed by atoms with Crippen molar-refractivity contribution in [3.63, 3.8) is 0 Å². The van der Waals surface area contributed by atoms with Gasteiger partial charge in [-0.1, -0.05) is 55.6 Å². The van der Waals surface area contributed by atoms with Gasteiger partial charge in [-0.05, 0) is 50.1 Å². The van der Waals surface area contributed by atoms with Gasteiger partial charge >= 0.3 is 5.97 Å². The highest BCUT2D eigenvalue weighted by Crippen LogP contribution is 2.51. The molecule has 0 spiro atoms. The number of nitrogens with zero attached hydrogens (tertiary/aromatic N) is 3. The van der Waals surface area contributed by atoms with Crippen molar-refractivity contribution < 1.29 is 19.5 Å². The molecule has 4 unspecified atom stereocenters. The number of carboxylic acids is 1. The summed E-state index contributed by atoms with van der Waals surface area (Å²) in [7, 11) is 1.74. The minimum Gasteiger partial charge on any atom is -0.480 e. The number of hydrogen-bond donors (Lipinski definition) is 2. The van der Waals surface area contributed by atoms with Gasteiger partial charge < -0.3 is 5.11 Å². The zero-order valence-electron chi connectivity index (χ0n) is 22.3. The SMILES string of the molecule is CCCCC1(C(=O)O)NC(c2c(C)n(C)n(-c3ccccc3)c2=O)C2C(=O)N(c3ccc(C)c(Cl)c3)C(=O)C21. The summed E-state index contributed by atoms with van der Waals surface area (Å²) in [6, 6.07) is 13.0. The Bertz CT molecular complexity index is 1540. The number of hydrogen-bond acceptors (Lipinski definition) is 5. The Morgan fingerprint density at radius 1 is 1.05 bits per heavy atom. The molecule has 0 aliphatic carbocycles. The summed E-state index contributed by atoms with van der Waals surface area (Å²) in [6.45, 7) is 5.50. The van der Waals surface area contributed by atoms with Gasteiger partial charge in [0, 0.05) is 17.8 Å². The van der Waals surface area contributed by atoms with Gasteiger partial charge in [-0.25, -0.2) is 9.58 Å². The summed E-state index contributed by atoms with van der Waals surface area (Å²) in [5.41, 5.74) is 0.474. The van der Waals surface area contributed by atoms with Crippen LogP contribution in [0.1, 0.15) is 49.0 Å². The third-order valence-electron chi connectivity index (χ3n) is 8.28. The van der Waals surface area contributed by atoms with Crippen LogP contribution in [0, 0.1) is 25.7 Å². The maximum Gasteiger partial charge on any atom is 0.324 e. The van der Waals surface area contributed by atoms with Crippen LogP contribution in [0.5, 0.6) is 0 Å². The second-order valence-electron chi connectivity index (χ2n) is 10.4. The van der Waals surface area contributed by atoms with E-state index in [0.717, 1.165) is 10.5 Å². The van der Waals surface area contributed by atoms with E-state index in [-0.39, 0.29) is 23.2 Å². The number of carboxylic acid groups (broad SMARTS) is 1. The van der Waals surface area contributed by atoms with Gasteiger partial charge in [-0.2, -0.15) is 0 Å². The number of benzene rings is 2. The summed E-state index contributed by atoms with van der Waals surface area (Å²) in [6.07, 6.45) is 1.36. The standard InChI is InChI=1S/C29H31ClN4O5/c1-5-6-14-29(28(38)39)23-22(25(35)33(27(23)37)19-13-12-16(2)20(30)15-19)24(31-29)21-17(3)32(4)34(26(21)36)18-10-8-7-9-11-18/h7-13,15,22-24,31H,5-6,14H2,1-4H3,(H,38,39). The fraction of sp³-hybridized carbons (Fsp3) is 0.379. The number of para-hydroxylation sites is 1. The van der Waals surface area contributed by atoms with Crippen LogP contribution in [0.25, 0.3) is 5.69 Å². The summed E-state index contributed by atoms with van der Waals surface area (Å²) in [4.78, 5) is 56.0. The van der Waals surface area contributed by atoms with Crippen LogP contribution in [0.4, 0.5) is 5.69 Å². The normalized spacial score (nSPS) is 24.4. The summed E-state index contributed by atoms with van der Waals surface area (Å²) in [5, 5.41) is 14.1. The smallest absolute Gasteiger partial charge is 0.324 e. The van der Waals surface area contributed by atoms with E-state index in [1.807, 2.05) is 32.0 Å². The first-order valence-corrected chi connectivity index (χ1v) is 13.4. The Kier molecular flexibility index (Phi) is 6.76. The molecule has 2 N–H and O–H groups in total. The lowest BCUT2D eigenvalue weighted by atomic mass is 9.76. The Hall–Kier alpha value is -3.69. The number of nitrogens with one attached hydrogen (secondary N) is 1. The van der Waals surface area contributed by atoms with Crippen LogP contribution in [0.2, 0.25) is 5.02 Å². The molecular weight excluding hydrogens is 520 g/mol. The third-order valence-corrected chi connectivity index (χ3v) is 8.69. The highest BCUT2D eigenvalue weighted by atomic mass is 35.5. The van der Waals surface area contributed by atoms with Crippen molar-refractivity contribution in [1.29, 1.82) is 0 Å². The van der Waals surface area contributed by atoms with Crippen molar-refractivity contribution in [2.45, 2.75) is 51.6 Å². The molecular formula is C29H31ClN4O5. The van der Waals surface area contributed by atoms with E-state index >= 15 is 0 Å². The van der Waals surface area contributed by atoms with E-state index in [2.05, 4.69) is 5.32 Å². The number of rotatable bonds is 7. The van der Waals surface area contributed by atoms with Crippen molar-refractivity contribution in [2.24, 2.45) is 18.9 Å². The first-order chi connectivity index (χ1) is 18.5. The number of aliphatic carboxylic acids is 1. The molecule has 5 rings (SSSR count). The van der Waals surface area contributed by atoms with Gasteiger partial charge in [0.15, 0.2) is 0 Å². The van der Waals surface area contributed by atoms with E-state index in [1.54, 1.807) is 49.0 Å². The number of unbranched alkanes of at least 4 members (excludes halogenated alkanes) is 1. The first kappa shape index (κ1) is 26.9. The third kappa shape index (κ3) is 3.94. The summed E-state index contributed by atoms with van der Waals surface area (Å²) < 4.78 is 3.18. The van der Waals surface area contributed by atoms with Gasteiger partial charge in [-0.3, -0.25) is 29.2 Å². The van der Waals surface area contributed by atoms with Crippen LogP contribution >= 0.6 is 11.6 Å². The number of aromatic nitrogens is 2. The average molecular weight is 551 g/mol. The highest BCUT2D eigenvalue weighted by molar-refractivity contribution is 6.32. The molecule has 2 aromatic carbocycles. The molecule has 0 radical (unpaired) electrons. The zero-order chi connectivity index (χ0) is 28.2. The fourth-order valence-electron chi connectivity index (χ4n) is 6.16. The molecule has 4 atom stereocenters. The average Bonchev–Trinajstić information content (AvgIpc) is 3.46. The van der Waals surface area contributed by atoms with Crippen LogP contribution in [0.15, 0.2) is 53.3 Å². The maximum atomic E-state index is 14.1. The van der Waals surface area contributed by atoms with E-state index in [4.69, 9.17) is 11.6 Å². The molecule has 2 fully saturated rings. The topological polar surface area (TPSA) is 114 Å². The van der Waals surface area contributed by atoms with Crippen LogP contribution < -0.4 is 15.8 Å². The molecule has 39 heavy (non-hydrogen) atoms. The van der Waals surface area contributed by atoms with Crippen LogP contribution in [-0.2, 0) is 21.4 Å². The fourth-order valence-corrected chi connectivity index (χ4v) is 6.34. The number of carbonyl (C=O) groups excluding carboxylic acids is 2. The minimum atomic E-state index is -1.71. The Morgan fingerprint density at radius 2 is 1.74 bits per heavy atom. The van der Waals surface area contributed by atoms with Gasteiger partial charge in [0.25, 0.3) is 5.56 Å². The maximum absolute atomic E-state index is 14.1. The molecule has 2 aliphatic heterocycles. The minimum absolute atomic E-state index is 0.136. The number of amides is 2. The van der Waals surface area contributed by atoms with E-state index < -0.39 is 41.2 Å². The van der Waals surface area contributed by atoms with Crippen LogP contribution in [-0.4, -0.2) is 37.8 Å². The van der Waals surface area contributed by atoms with E-state index in [1.165, 1.54) is 4.68 Å². The predicted molar refractivity (Wildman–Crippen MR) is 147 cm³/mol. The molecule has 2 saturated heterocycles.